The van der Waals surface area contributed by atoms with Crippen LogP contribution in [-0.4, -0.2) is 11.1 Å². The number of carbonyl (C=O) groups is 1. The van der Waals surface area contributed by atoms with E-state index >= 15 is 0 Å². The Hall–Kier alpha value is -0.530. The molecule has 0 aliphatic rings. The second-order valence-corrected chi connectivity index (χ2v) is 1.99. The molecular weight excluding hydrogens is 104 g/mol. The van der Waals surface area contributed by atoms with Crippen LogP contribution in [0.2, 0.25) is 0 Å². The summed E-state index contributed by atoms with van der Waals surface area (Å²) >= 11 is 0. The van der Waals surface area contributed by atoms with Gasteiger partial charge in [-0.1, -0.05) is 21.3 Å². The number of carboxylic acid groups (broad SMARTS) is 1. The fourth-order valence-electron chi connectivity index (χ4n) is 0.349. The van der Waals surface area contributed by atoms with Crippen molar-refractivity contribution in [2.45, 2.75) is 27.7 Å². The number of hydrogen-bond donors (Lipinski definition) is 1. The molecular formula is C6H14O2. The smallest absolute Gasteiger partial charge is 0.303 e. The first-order chi connectivity index (χ1) is 3.13. The fraction of sp³-hybridized carbons (Fsp3) is 0.833. The summed E-state index contributed by atoms with van der Waals surface area (Å²) in [6, 6.07) is 0. The Bertz CT molecular complexity index is 66.9. The minimum atomic E-state index is -0.713. The van der Waals surface area contributed by atoms with Gasteiger partial charge in [-0.3, -0.25) is 4.79 Å². The van der Waals surface area contributed by atoms with Crippen molar-refractivity contribution < 1.29 is 9.90 Å². The van der Waals surface area contributed by atoms with Crippen molar-refractivity contribution in [3.63, 3.8) is 0 Å². The fourth-order valence-corrected chi connectivity index (χ4v) is 0.349. The zero-order chi connectivity index (χ0) is 5.86. The van der Waals surface area contributed by atoms with Crippen LogP contribution < -0.4 is 0 Å². The maximum atomic E-state index is 9.81. The van der Waals surface area contributed by atoms with Gasteiger partial charge in [0.1, 0.15) is 0 Å². The van der Waals surface area contributed by atoms with E-state index in [1.807, 2.05) is 13.8 Å². The molecule has 0 atom stereocenters. The number of hydrogen-bond acceptors (Lipinski definition) is 1. The van der Waals surface area contributed by atoms with Crippen LogP contribution >= 0.6 is 0 Å². The summed E-state index contributed by atoms with van der Waals surface area (Å²) in [7, 11) is 0. The average Bonchev–Trinajstić information content (AvgIpc) is 1.27. The second-order valence-electron chi connectivity index (χ2n) is 1.99. The second kappa shape index (κ2) is 4.62. The van der Waals surface area contributed by atoms with E-state index in [0.29, 0.717) is 0 Å². The van der Waals surface area contributed by atoms with Crippen molar-refractivity contribution in [1.29, 1.82) is 0 Å². The molecule has 1 N–H and O–H groups in total. The van der Waals surface area contributed by atoms with Crippen LogP contribution in [0, 0.1) is 5.92 Å². The van der Waals surface area contributed by atoms with Crippen molar-refractivity contribution in [3.05, 3.63) is 0 Å². The first kappa shape index (κ1) is 10.5. The van der Waals surface area contributed by atoms with E-state index in [0.717, 1.165) is 0 Å². The third-order valence-corrected chi connectivity index (χ3v) is 0.583. The van der Waals surface area contributed by atoms with Crippen molar-refractivity contribution in [2.75, 3.05) is 0 Å². The van der Waals surface area contributed by atoms with Gasteiger partial charge in [0, 0.05) is 6.42 Å². The normalized spacial score (nSPS) is 8.38. The molecule has 0 spiro atoms. The summed E-state index contributed by atoms with van der Waals surface area (Å²) in [5.74, 6) is -0.438. The summed E-state index contributed by atoms with van der Waals surface area (Å²) in [5, 5.41) is 8.08. The monoisotopic (exact) mass is 118 g/mol. The molecule has 0 radical (unpaired) electrons. The molecule has 50 valence electrons. The van der Waals surface area contributed by atoms with Gasteiger partial charge in [0.15, 0.2) is 0 Å². The summed E-state index contributed by atoms with van der Waals surface area (Å²) in [4.78, 5) is 9.81. The van der Waals surface area contributed by atoms with Gasteiger partial charge in [-0.15, -0.1) is 0 Å². The molecule has 0 fully saturated rings. The summed E-state index contributed by atoms with van der Waals surface area (Å²) in [5.41, 5.74) is 0. The van der Waals surface area contributed by atoms with Gasteiger partial charge < -0.3 is 5.11 Å². The first-order valence-corrected chi connectivity index (χ1v) is 2.34. The molecule has 0 amide bonds. The van der Waals surface area contributed by atoms with E-state index in [4.69, 9.17) is 5.11 Å². The van der Waals surface area contributed by atoms with Crippen LogP contribution in [0.5, 0.6) is 0 Å². The van der Waals surface area contributed by atoms with Gasteiger partial charge in [-0.2, -0.15) is 0 Å². The minimum absolute atomic E-state index is 0. The Balaban J connectivity index is 0. The van der Waals surface area contributed by atoms with Gasteiger partial charge in [0.2, 0.25) is 0 Å². The Labute approximate surface area is 50.5 Å². The lowest BCUT2D eigenvalue weighted by atomic mass is 10.1. The minimum Gasteiger partial charge on any atom is -0.481 e. The Morgan fingerprint density at radius 1 is 1.62 bits per heavy atom. The van der Waals surface area contributed by atoms with Crippen LogP contribution in [0.4, 0.5) is 0 Å². The Kier molecular flexibility index (Phi) is 6.04. The topological polar surface area (TPSA) is 37.3 Å². The highest BCUT2D eigenvalue weighted by Gasteiger charge is 1.98. The standard InChI is InChI=1S/C5H10O2.CH4/c1-4(2)3-5(6)7;/h4H,3H2,1-2H3,(H,6,7);1H4. The zero-order valence-corrected chi connectivity index (χ0v) is 4.64. The maximum absolute atomic E-state index is 9.81. The van der Waals surface area contributed by atoms with E-state index < -0.39 is 5.97 Å². The van der Waals surface area contributed by atoms with E-state index in [1.165, 1.54) is 0 Å². The molecule has 2 nitrogen and oxygen atoms in total. The lowest BCUT2D eigenvalue weighted by molar-refractivity contribution is -0.137. The number of aliphatic carboxylic acids is 1. The molecule has 0 unspecified atom stereocenters. The van der Waals surface area contributed by atoms with Crippen molar-refractivity contribution >= 4 is 5.97 Å². The first-order valence-electron chi connectivity index (χ1n) is 2.34. The van der Waals surface area contributed by atoms with Gasteiger partial charge in [0.05, 0.1) is 0 Å². The molecule has 0 heterocycles. The molecule has 8 heavy (non-hydrogen) atoms. The summed E-state index contributed by atoms with van der Waals surface area (Å²) in [6.45, 7) is 3.77. The highest BCUT2D eigenvalue weighted by molar-refractivity contribution is 5.66. The van der Waals surface area contributed by atoms with Crippen LogP contribution in [0.3, 0.4) is 0 Å². The molecule has 0 saturated heterocycles. The van der Waals surface area contributed by atoms with Crippen LogP contribution in [0.1, 0.15) is 27.7 Å². The van der Waals surface area contributed by atoms with Crippen LogP contribution in [-0.2, 0) is 4.79 Å². The number of rotatable bonds is 2. The third-order valence-electron chi connectivity index (χ3n) is 0.583. The lowest BCUT2D eigenvalue weighted by Crippen LogP contribution is -1.99. The molecule has 0 rings (SSSR count). The predicted octanol–water partition coefficient (Wildman–Crippen LogP) is 1.75. The SMILES string of the molecule is C.CC(C)CC(=O)O. The van der Waals surface area contributed by atoms with Gasteiger partial charge >= 0.3 is 5.97 Å². The van der Waals surface area contributed by atoms with E-state index in [1.54, 1.807) is 0 Å². The quantitative estimate of drug-likeness (QED) is 0.599. The lowest BCUT2D eigenvalue weighted by Gasteiger charge is -1.94. The maximum Gasteiger partial charge on any atom is 0.303 e. The molecule has 2 heteroatoms. The van der Waals surface area contributed by atoms with E-state index in [-0.39, 0.29) is 19.8 Å². The molecule has 0 aromatic rings. The zero-order valence-electron chi connectivity index (χ0n) is 4.64. The highest BCUT2D eigenvalue weighted by atomic mass is 16.4. The number of carboxylic acids is 1. The van der Waals surface area contributed by atoms with E-state index in [2.05, 4.69) is 0 Å². The van der Waals surface area contributed by atoms with Gasteiger partial charge in [-0.25, -0.2) is 0 Å². The molecule has 0 aromatic carbocycles. The van der Waals surface area contributed by atoms with Crippen molar-refractivity contribution in [1.82, 2.24) is 0 Å². The summed E-state index contributed by atoms with van der Waals surface area (Å²) in [6.07, 6.45) is 0.278. The Morgan fingerprint density at radius 2 is 2.00 bits per heavy atom. The molecule has 0 aliphatic heterocycles. The van der Waals surface area contributed by atoms with Crippen molar-refractivity contribution in [3.8, 4) is 0 Å². The molecule has 0 aliphatic carbocycles. The van der Waals surface area contributed by atoms with Gasteiger partial charge in [0.25, 0.3) is 0 Å². The van der Waals surface area contributed by atoms with Crippen LogP contribution in [0.15, 0.2) is 0 Å². The van der Waals surface area contributed by atoms with Crippen molar-refractivity contribution in [2.24, 2.45) is 5.92 Å². The van der Waals surface area contributed by atoms with E-state index in [9.17, 15) is 4.79 Å². The Morgan fingerprint density at radius 3 is 2.00 bits per heavy atom. The molecule has 0 aromatic heterocycles. The molecule has 0 saturated carbocycles. The largest absolute Gasteiger partial charge is 0.481 e. The third kappa shape index (κ3) is 9.08. The van der Waals surface area contributed by atoms with Gasteiger partial charge in [-0.05, 0) is 5.92 Å². The average molecular weight is 118 g/mol. The van der Waals surface area contributed by atoms with Crippen LogP contribution in [0.25, 0.3) is 0 Å². The predicted molar refractivity (Wildman–Crippen MR) is 33.8 cm³/mol. The highest BCUT2D eigenvalue weighted by Crippen LogP contribution is 1.96. The molecule has 0 bridgehead atoms. The summed E-state index contributed by atoms with van der Waals surface area (Å²) < 4.78 is 0.